The molecule has 146 valence electrons. The molecule has 0 spiro atoms. The normalized spacial score (nSPS) is 13.0. The fourth-order valence-corrected chi connectivity index (χ4v) is 2.84. The van der Waals surface area contributed by atoms with E-state index in [-0.39, 0.29) is 34.5 Å². The van der Waals surface area contributed by atoms with Crippen molar-refractivity contribution in [1.82, 2.24) is 9.97 Å². The second-order valence-electron chi connectivity index (χ2n) is 6.69. The van der Waals surface area contributed by atoms with E-state index in [1.807, 2.05) is 0 Å². The third-order valence-corrected chi connectivity index (χ3v) is 4.51. The van der Waals surface area contributed by atoms with Gasteiger partial charge in [0.15, 0.2) is 0 Å². The highest BCUT2D eigenvalue weighted by atomic mass is 19.1. The average Bonchev–Trinajstić information content (AvgIpc) is 3.56. The van der Waals surface area contributed by atoms with Crippen LogP contribution in [0.2, 0.25) is 0 Å². The molecule has 29 heavy (non-hydrogen) atoms. The molecule has 0 aliphatic heterocycles. The van der Waals surface area contributed by atoms with Crippen molar-refractivity contribution < 1.29 is 18.4 Å². The van der Waals surface area contributed by atoms with Gasteiger partial charge in [0, 0.05) is 35.0 Å². The maximum absolute atomic E-state index is 14.2. The lowest BCUT2D eigenvalue weighted by molar-refractivity contribution is -0.117. The molecule has 3 aromatic rings. The highest BCUT2D eigenvalue weighted by molar-refractivity contribution is 6.07. The van der Waals surface area contributed by atoms with Crippen molar-refractivity contribution in [2.75, 3.05) is 10.6 Å². The molecule has 2 N–H and O–H groups in total. The van der Waals surface area contributed by atoms with Crippen molar-refractivity contribution in [3.8, 4) is 11.1 Å². The Balaban J connectivity index is 1.58. The van der Waals surface area contributed by atoms with Gasteiger partial charge < -0.3 is 10.6 Å². The molecule has 2 aromatic heterocycles. The smallest absolute Gasteiger partial charge is 0.255 e. The number of carbonyl (C=O) groups excluding carboxylic acids is 2. The van der Waals surface area contributed by atoms with Gasteiger partial charge in [-0.2, -0.15) is 0 Å². The molecule has 1 aliphatic carbocycles. The molecular weight excluding hydrogens is 378 g/mol. The van der Waals surface area contributed by atoms with Gasteiger partial charge in [-0.3, -0.25) is 14.6 Å². The quantitative estimate of drug-likeness (QED) is 0.685. The maximum atomic E-state index is 14.2. The molecule has 0 radical (unpaired) electrons. The van der Waals surface area contributed by atoms with Crippen molar-refractivity contribution in [2.45, 2.75) is 12.8 Å². The Morgan fingerprint density at radius 2 is 1.79 bits per heavy atom. The molecule has 2 heterocycles. The van der Waals surface area contributed by atoms with Gasteiger partial charge in [-0.25, -0.2) is 13.8 Å². The average molecular weight is 394 g/mol. The number of halogens is 2. The first-order chi connectivity index (χ1) is 14.0. The first kappa shape index (κ1) is 18.7. The zero-order valence-electron chi connectivity index (χ0n) is 15.2. The maximum Gasteiger partial charge on any atom is 0.255 e. The molecule has 4 rings (SSSR count). The zero-order chi connectivity index (χ0) is 20.4. The summed E-state index contributed by atoms with van der Waals surface area (Å²) in [4.78, 5) is 32.6. The van der Waals surface area contributed by atoms with Crippen LogP contribution in [-0.4, -0.2) is 21.8 Å². The predicted molar refractivity (Wildman–Crippen MR) is 103 cm³/mol. The topological polar surface area (TPSA) is 84.0 Å². The summed E-state index contributed by atoms with van der Waals surface area (Å²) >= 11 is 0. The number of nitrogens with zero attached hydrogens (tertiary/aromatic N) is 2. The number of aromatic nitrogens is 2. The Morgan fingerprint density at radius 1 is 0.966 bits per heavy atom. The minimum atomic E-state index is -0.623. The van der Waals surface area contributed by atoms with Gasteiger partial charge in [-0.05, 0) is 49.2 Å². The van der Waals surface area contributed by atoms with Gasteiger partial charge in [0.2, 0.25) is 5.91 Å². The van der Waals surface area contributed by atoms with Crippen LogP contribution in [0.5, 0.6) is 0 Å². The Morgan fingerprint density at radius 3 is 2.59 bits per heavy atom. The molecule has 0 bridgehead atoms. The van der Waals surface area contributed by atoms with Crippen LogP contribution >= 0.6 is 0 Å². The van der Waals surface area contributed by atoms with Crippen molar-refractivity contribution in [3.63, 3.8) is 0 Å². The summed E-state index contributed by atoms with van der Waals surface area (Å²) in [6.45, 7) is 0. The number of rotatable bonds is 5. The molecule has 2 amide bonds. The van der Waals surface area contributed by atoms with E-state index in [0.29, 0.717) is 5.56 Å². The summed E-state index contributed by atoms with van der Waals surface area (Å²) in [7, 11) is 0. The number of benzene rings is 1. The molecule has 0 saturated heterocycles. The summed E-state index contributed by atoms with van der Waals surface area (Å²) in [5.41, 5.74) is 0.777. The third kappa shape index (κ3) is 4.26. The van der Waals surface area contributed by atoms with Crippen LogP contribution in [0.25, 0.3) is 11.1 Å². The van der Waals surface area contributed by atoms with E-state index >= 15 is 0 Å². The van der Waals surface area contributed by atoms with Crippen LogP contribution in [0.3, 0.4) is 0 Å². The third-order valence-electron chi connectivity index (χ3n) is 4.51. The van der Waals surface area contributed by atoms with Crippen molar-refractivity contribution in [3.05, 3.63) is 72.2 Å². The van der Waals surface area contributed by atoms with Crippen molar-refractivity contribution in [2.24, 2.45) is 5.92 Å². The SMILES string of the molecule is O=C(Nc1cnccc1-c1cc(F)ccc1F)c1ccnc(NC(=O)C2CC2)c1. The number of carbonyl (C=O) groups is 2. The fourth-order valence-electron chi connectivity index (χ4n) is 2.84. The molecule has 8 heteroatoms. The summed E-state index contributed by atoms with van der Waals surface area (Å²) < 4.78 is 27.8. The van der Waals surface area contributed by atoms with Gasteiger partial charge in [-0.15, -0.1) is 0 Å². The molecule has 1 fully saturated rings. The minimum absolute atomic E-state index is 0.00778. The van der Waals surface area contributed by atoms with E-state index in [9.17, 15) is 18.4 Å². The second kappa shape index (κ2) is 7.75. The van der Waals surface area contributed by atoms with E-state index in [4.69, 9.17) is 0 Å². The Bertz CT molecular complexity index is 1100. The van der Waals surface area contributed by atoms with E-state index in [2.05, 4.69) is 20.6 Å². The monoisotopic (exact) mass is 394 g/mol. The summed E-state index contributed by atoms with van der Waals surface area (Å²) in [5, 5.41) is 5.34. The molecule has 0 atom stereocenters. The van der Waals surface area contributed by atoms with Crippen molar-refractivity contribution >= 4 is 23.3 Å². The molecule has 0 unspecified atom stereocenters. The minimum Gasteiger partial charge on any atom is -0.320 e. The lowest BCUT2D eigenvalue weighted by Gasteiger charge is -2.12. The van der Waals surface area contributed by atoms with Gasteiger partial charge >= 0.3 is 0 Å². The van der Waals surface area contributed by atoms with E-state index in [1.54, 1.807) is 0 Å². The van der Waals surface area contributed by atoms with Crippen LogP contribution in [0, 0.1) is 17.6 Å². The Hall–Kier alpha value is -3.68. The standard InChI is InChI=1S/C21H16F2N4O2/c22-14-3-4-17(23)16(10-14)15-6-7-24-11-18(15)26-21(29)13-5-8-25-19(9-13)27-20(28)12-1-2-12/h3-12H,1-2H2,(H,26,29)(H,25,27,28). The van der Waals surface area contributed by atoms with Crippen LogP contribution in [-0.2, 0) is 4.79 Å². The van der Waals surface area contributed by atoms with Gasteiger partial charge in [0.25, 0.3) is 5.91 Å². The highest BCUT2D eigenvalue weighted by Gasteiger charge is 2.29. The van der Waals surface area contributed by atoms with Crippen LogP contribution < -0.4 is 10.6 Å². The van der Waals surface area contributed by atoms with Crippen LogP contribution in [0.15, 0.2) is 55.0 Å². The van der Waals surface area contributed by atoms with Crippen LogP contribution in [0.1, 0.15) is 23.2 Å². The number of hydrogen-bond donors (Lipinski definition) is 2. The first-order valence-electron chi connectivity index (χ1n) is 8.99. The number of pyridine rings is 2. The predicted octanol–water partition coefficient (Wildman–Crippen LogP) is 4.02. The zero-order valence-corrected chi connectivity index (χ0v) is 15.2. The van der Waals surface area contributed by atoms with Gasteiger partial charge in [-0.1, -0.05) is 0 Å². The number of nitrogens with one attached hydrogen (secondary N) is 2. The number of amides is 2. The Kier molecular flexibility index (Phi) is 4.99. The lowest BCUT2D eigenvalue weighted by Crippen LogP contribution is -2.16. The van der Waals surface area contributed by atoms with Crippen LogP contribution in [0.4, 0.5) is 20.3 Å². The molecular formula is C21H16F2N4O2. The molecule has 1 saturated carbocycles. The van der Waals surface area contributed by atoms with Gasteiger partial charge in [0.1, 0.15) is 17.5 Å². The summed E-state index contributed by atoms with van der Waals surface area (Å²) in [5.74, 6) is -1.56. The highest BCUT2D eigenvalue weighted by Crippen LogP contribution is 2.31. The Labute approximate surface area is 165 Å². The molecule has 1 aromatic carbocycles. The summed E-state index contributed by atoms with van der Waals surface area (Å²) in [6, 6.07) is 7.52. The summed E-state index contributed by atoms with van der Waals surface area (Å²) in [6.07, 6.45) is 5.90. The number of anilines is 2. The number of hydrogen-bond acceptors (Lipinski definition) is 4. The van der Waals surface area contributed by atoms with E-state index in [0.717, 1.165) is 31.0 Å². The van der Waals surface area contributed by atoms with Gasteiger partial charge in [0.05, 0.1) is 11.9 Å². The second-order valence-corrected chi connectivity index (χ2v) is 6.69. The lowest BCUT2D eigenvalue weighted by atomic mass is 10.0. The van der Waals surface area contributed by atoms with E-state index in [1.165, 1.54) is 36.8 Å². The fraction of sp³-hybridized carbons (Fsp3) is 0.143. The largest absolute Gasteiger partial charge is 0.320 e. The molecule has 6 nitrogen and oxygen atoms in total. The van der Waals surface area contributed by atoms with Crippen molar-refractivity contribution in [1.29, 1.82) is 0 Å². The molecule has 1 aliphatic rings. The van der Waals surface area contributed by atoms with E-state index < -0.39 is 17.5 Å². The first-order valence-corrected chi connectivity index (χ1v) is 8.99.